The van der Waals surface area contributed by atoms with Crippen molar-refractivity contribution < 1.29 is 9.59 Å². The molecular weight excluding hydrogens is 308 g/mol. The van der Waals surface area contributed by atoms with Crippen LogP contribution in [-0.2, 0) is 4.79 Å². The molecule has 0 atom stereocenters. The number of para-hydroxylation sites is 1. The van der Waals surface area contributed by atoms with E-state index in [-0.39, 0.29) is 10.8 Å². The summed E-state index contributed by atoms with van der Waals surface area (Å²) in [6, 6.07) is 12.6. The third-order valence-electron chi connectivity index (χ3n) is 3.48. The zero-order valence-electron chi connectivity index (χ0n) is 13.3. The van der Waals surface area contributed by atoms with Crippen LogP contribution in [-0.4, -0.2) is 16.7 Å². The van der Waals surface area contributed by atoms with Gasteiger partial charge in [0.15, 0.2) is 10.8 Å². The molecule has 0 saturated heterocycles. The number of aryl methyl sites for hydroxylation is 2. The Labute approximate surface area is 140 Å². The van der Waals surface area contributed by atoms with Crippen LogP contribution in [0.1, 0.15) is 28.4 Å². The van der Waals surface area contributed by atoms with Crippen molar-refractivity contribution in [3.05, 3.63) is 59.2 Å². The van der Waals surface area contributed by atoms with Crippen LogP contribution in [0.15, 0.2) is 42.5 Å². The third-order valence-corrected chi connectivity index (χ3v) is 3.76. The minimum Gasteiger partial charge on any atom is -0.342 e. The van der Waals surface area contributed by atoms with E-state index in [1.165, 1.54) is 6.92 Å². The maximum Gasteiger partial charge on any atom is 0.283 e. The van der Waals surface area contributed by atoms with Crippen molar-refractivity contribution in [1.29, 1.82) is 0 Å². The van der Waals surface area contributed by atoms with Crippen LogP contribution in [0.2, 0.25) is 0 Å². The van der Waals surface area contributed by atoms with E-state index in [1.807, 2.05) is 32.0 Å². The topological polar surface area (TPSA) is 58.2 Å². The molecule has 0 fully saturated rings. The molecule has 0 unspecified atom stereocenters. The van der Waals surface area contributed by atoms with E-state index in [2.05, 4.69) is 10.6 Å². The third kappa shape index (κ3) is 4.23. The van der Waals surface area contributed by atoms with Crippen LogP contribution < -0.4 is 10.6 Å². The predicted octanol–water partition coefficient (Wildman–Crippen LogP) is 3.88. The smallest absolute Gasteiger partial charge is 0.283 e. The molecule has 0 aromatic heterocycles. The van der Waals surface area contributed by atoms with Crippen LogP contribution in [0.25, 0.3) is 0 Å². The first-order chi connectivity index (χ1) is 10.9. The summed E-state index contributed by atoms with van der Waals surface area (Å²) in [5.41, 5.74) is 4.07. The summed E-state index contributed by atoms with van der Waals surface area (Å²) >= 11 is 5.17. The Morgan fingerprint density at radius 2 is 1.48 bits per heavy atom. The molecule has 2 N–H and O–H groups in total. The molecule has 0 heterocycles. The van der Waals surface area contributed by atoms with Crippen molar-refractivity contribution in [3.63, 3.8) is 0 Å². The molecule has 2 aromatic carbocycles. The van der Waals surface area contributed by atoms with Gasteiger partial charge in [-0.2, -0.15) is 0 Å². The number of carbonyl (C=O) groups is 2. The number of hydrogen-bond donors (Lipinski definition) is 2. The molecule has 2 rings (SSSR count). The Morgan fingerprint density at radius 1 is 0.913 bits per heavy atom. The number of hydrogen-bond acceptors (Lipinski definition) is 3. The summed E-state index contributed by atoms with van der Waals surface area (Å²) in [4.78, 5) is 23.5. The van der Waals surface area contributed by atoms with E-state index in [9.17, 15) is 9.59 Å². The molecule has 0 saturated carbocycles. The molecule has 1 amide bonds. The lowest BCUT2D eigenvalue weighted by Gasteiger charge is -2.13. The van der Waals surface area contributed by atoms with Gasteiger partial charge >= 0.3 is 0 Å². The quantitative estimate of drug-likeness (QED) is 0.664. The molecule has 0 aliphatic heterocycles. The van der Waals surface area contributed by atoms with Crippen LogP contribution in [0.5, 0.6) is 0 Å². The SMILES string of the molecule is CC(=O)c1ccc(NC(=O)C(=S)Nc2c(C)cccc2C)cc1. The highest BCUT2D eigenvalue weighted by Gasteiger charge is 2.12. The Kier molecular flexibility index (Phi) is 5.24. The van der Waals surface area contributed by atoms with Gasteiger partial charge in [-0.3, -0.25) is 9.59 Å². The first-order valence-corrected chi connectivity index (χ1v) is 7.59. The van der Waals surface area contributed by atoms with Gasteiger partial charge in [0.25, 0.3) is 5.91 Å². The number of carbonyl (C=O) groups excluding carboxylic acids is 2. The van der Waals surface area contributed by atoms with Gasteiger partial charge in [0, 0.05) is 16.9 Å². The average Bonchev–Trinajstić information content (AvgIpc) is 2.51. The lowest BCUT2D eigenvalue weighted by atomic mass is 10.1. The lowest BCUT2D eigenvalue weighted by molar-refractivity contribution is -0.110. The number of ketones is 1. The predicted molar refractivity (Wildman–Crippen MR) is 97.2 cm³/mol. The fourth-order valence-electron chi connectivity index (χ4n) is 2.16. The summed E-state index contributed by atoms with van der Waals surface area (Å²) in [7, 11) is 0. The van der Waals surface area contributed by atoms with Gasteiger partial charge < -0.3 is 10.6 Å². The number of benzene rings is 2. The van der Waals surface area contributed by atoms with Gasteiger partial charge in [0.1, 0.15) is 0 Å². The summed E-state index contributed by atoms with van der Waals surface area (Å²) in [5.74, 6) is -0.409. The number of Topliss-reactive ketones (excluding diaryl/α,β-unsaturated/α-hetero) is 1. The van der Waals surface area contributed by atoms with Crippen molar-refractivity contribution >= 4 is 40.3 Å². The summed E-state index contributed by atoms with van der Waals surface area (Å²) in [5, 5.41) is 5.71. The van der Waals surface area contributed by atoms with Crippen LogP contribution in [0, 0.1) is 13.8 Å². The van der Waals surface area contributed by atoms with Gasteiger partial charge in [-0.15, -0.1) is 0 Å². The molecule has 23 heavy (non-hydrogen) atoms. The Hall–Kier alpha value is -2.53. The molecule has 4 nitrogen and oxygen atoms in total. The summed E-state index contributed by atoms with van der Waals surface area (Å²) in [6.45, 7) is 5.41. The summed E-state index contributed by atoms with van der Waals surface area (Å²) < 4.78 is 0. The van der Waals surface area contributed by atoms with Crippen LogP contribution >= 0.6 is 12.2 Å². The number of nitrogens with one attached hydrogen (secondary N) is 2. The highest BCUT2D eigenvalue weighted by atomic mass is 32.1. The van der Waals surface area contributed by atoms with Crippen molar-refractivity contribution in [2.45, 2.75) is 20.8 Å². The molecule has 2 aromatic rings. The number of amides is 1. The zero-order chi connectivity index (χ0) is 17.0. The van der Waals surface area contributed by atoms with Crippen molar-refractivity contribution in [1.82, 2.24) is 0 Å². The minimum absolute atomic E-state index is 0.0184. The van der Waals surface area contributed by atoms with E-state index in [0.717, 1.165) is 16.8 Å². The van der Waals surface area contributed by atoms with E-state index in [4.69, 9.17) is 12.2 Å². The fraction of sp³-hybridized carbons (Fsp3) is 0.167. The maximum absolute atomic E-state index is 12.2. The first-order valence-electron chi connectivity index (χ1n) is 7.18. The molecular formula is C18H18N2O2S. The van der Waals surface area contributed by atoms with Crippen LogP contribution in [0.4, 0.5) is 11.4 Å². The zero-order valence-corrected chi connectivity index (χ0v) is 14.1. The first kappa shape index (κ1) is 16.8. The number of thiocarbonyl (C=S) groups is 1. The minimum atomic E-state index is -0.391. The van der Waals surface area contributed by atoms with E-state index >= 15 is 0 Å². The van der Waals surface area contributed by atoms with Gasteiger partial charge in [-0.25, -0.2) is 0 Å². The van der Waals surface area contributed by atoms with Gasteiger partial charge in [-0.1, -0.05) is 30.4 Å². The molecule has 0 aliphatic rings. The fourth-order valence-corrected chi connectivity index (χ4v) is 2.31. The standard InChI is InChI=1S/C18H18N2O2S/c1-11-5-4-6-12(2)16(11)20-18(23)17(22)19-15-9-7-14(8-10-15)13(3)21/h4-10H,1-3H3,(H,19,22)(H,20,23). The highest BCUT2D eigenvalue weighted by molar-refractivity contribution is 7.82. The Bertz CT molecular complexity index is 747. The van der Waals surface area contributed by atoms with E-state index in [0.29, 0.717) is 11.3 Å². The van der Waals surface area contributed by atoms with Gasteiger partial charge in [0.05, 0.1) is 0 Å². The van der Waals surface area contributed by atoms with Crippen molar-refractivity contribution in [2.24, 2.45) is 0 Å². The van der Waals surface area contributed by atoms with Crippen molar-refractivity contribution in [3.8, 4) is 0 Å². The van der Waals surface area contributed by atoms with E-state index < -0.39 is 5.91 Å². The molecule has 0 spiro atoms. The second-order valence-corrected chi connectivity index (χ2v) is 5.72. The van der Waals surface area contributed by atoms with E-state index in [1.54, 1.807) is 24.3 Å². The largest absolute Gasteiger partial charge is 0.342 e. The molecule has 0 radical (unpaired) electrons. The molecule has 0 bridgehead atoms. The number of rotatable bonds is 3. The molecule has 5 heteroatoms. The second kappa shape index (κ2) is 7.15. The van der Waals surface area contributed by atoms with Gasteiger partial charge in [0.2, 0.25) is 0 Å². The Balaban J connectivity index is 2.05. The van der Waals surface area contributed by atoms with Crippen LogP contribution in [0.3, 0.4) is 0 Å². The van der Waals surface area contributed by atoms with Crippen molar-refractivity contribution in [2.75, 3.05) is 10.6 Å². The normalized spacial score (nSPS) is 10.0. The molecule has 118 valence electrons. The monoisotopic (exact) mass is 326 g/mol. The van der Waals surface area contributed by atoms with Gasteiger partial charge in [-0.05, 0) is 56.2 Å². The Morgan fingerprint density at radius 3 is 2.00 bits per heavy atom. The lowest BCUT2D eigenvalue weighted by Crippen LogP contribution is -2.28. The highest BCUT2D eigenvalue weighted by Crippen LogP contribution is 2.19. The summed E-state index contributed by atoms with van der Waals surface area (Å²) in [6.07, 6.45) is 0. The maximum atomic E-state index is 12.2. The average molecular weight is 326 g/mol. The second-order valence-electron chi connectivity index (χ2n) is 5.31. The molecule has 0 aliphatic carbocycles. The number of anilines is 2.